The number of fused-ring (bicyclic) bond motifs is 1. The molecule has 2 heterocycles. The van der Waals surface area contributed by atoms with E-state index in [2.05, 4.69) is 10.5 Å². The van der Waals surface area contributed by atoms with Gasteiger partial charge >= 0.3 is 0 Å². The molecule has 0 bridgehead atoms. The third-order valence-electron chi connectivity index (χ3n) is 4.16. The van der Waals surface area contributed by atoms with Gasteiger partial charge < -0.3 is 19.6 Å². The summed E-state index contributed by atoms with van der Waals surface area (Å²) in [5, 5.41) is 6.77. The molecule has 0 saturated carbocycles. The van der Waals surface area contributed by atoms with Crippen LogP contribution in [-0.4, -0.2) is 30.9 Å². The van der Waals surface area contributed by atoms with E-state index in [0.29, 0.717) is 31.0 Å². The fourth-order valence-corrected chi connectivity index (χ4v) is 2.83. The van der Waals surface area contributed by atoms with Gasteiger partial charge in [0.2, 0.25) is 0 Å². The summed E-state index contributed by atoms with van der Waals surface area (Å²) in [5.74, 6) is 1.18. The fraction of sp³-hybridized carbons (Fsp3) is 0.263. The number of para-hydroxylation sites is 2. The average molecular weight is 338 g/mol. The highest BCUT2D eigenvalue weighted by molar-refractivity contribution is 6.39. The van der Waals surface area contributed by atoms with Gasteiger partial charge in [-0.15, -0.1) is 0 Å². The number of carbonyl (C=O) groups is 1. The number of ether oxygens (including phenoxy) is 2. The zero-order chi connectivity index (χ0) is 17.1. The maximum absolute atomic E-state index is 12.3. The van der Waals surface area contributed by atoms with Crippen molar-refractivity contribution in [2.45, 2.75) is 18.6 Å². The van der Waals surface area contributed by atoms with Crippen molar-refractivity contribution in [2.75, 3.05) is 13.2 Å². The van der Waals surface area contributed by atoms with E-state index in [4.69, 9.17) is 14.3 Å². The van der Waals surface area contributed by atoms with Gasteiger partial charge in [0, 0.05) is 6.42 Å². The van der Waals surface area contributed by atoms with Crippen molar-refractivity contribution in [1.29, 1.82) is 0 Å². The molecule has 2 aliphatic rings. The normalized spacial score (nSPS) is 21.2. The van der Waals surface area contributed by atoms with Crippen LogP contribution >= 0.6 is 0 Å². The number of nitrogens with one attached hydrogen (secondary N) is 1. The van der Waals surface area contributed by atoms with Crippen molar-refractivity contribution in [1.82, 2.24) is 5.32 Å². The Morgan fingerprint density at radius 2 is 1.84 bits per heavy atom. The standard InChI is InChI=1S/C19H18N2O4/c22-19(15-10-18(25-21-15)13-6-2-1-3-7-13)20-11-14-12-23-16-8-4-5-9-17(16)24-14/h1-9,14,18H,10-12H2,(H,20,22)/t14-,18-/m0/s1. The van der Waals surface area contributed by atoms with Gasteiger partial charge in [-0.3, -0.25) is 4.79 Å². The lowest BCUT2D eigenvalue weighted by molar-refractivity contribution is -0.115. The second kappa shape index (κ2) is 6.84. The smallest absolute Gasteiger partial charge is 0.269 e. The molecule has 0 radical (unpaired) electrons. The maximum atomic E-state index is 12.3. The van der Waals surface area contributed by atoms with E-state index in [-0.39, 0.29) is 18.1 Å². The van der Waals surface area contributed by atoms with E-state index >= 15 is 0 Å². The molecular formula is C19H18N2O4. The lowest BCUT2D eigenvalue weighted by Gasteiger charge is -2.26. The molecule has 0 aromatic heterocycles. The molecule has 0 aliphatic carbocycles. The molecule has 0 saturated heterocycles. The third-order valence-corrected chi connectivity index (χ3v) is 4.16. The maximum Gasteiger partial charge on any atom is 0.269 e. The van der Waals surface area contributed by atoms with Crippen LogP contribution in [0.1, 0.15) is 18.1 Å². The first-order chi connectivity index (χ1) is 12.3. The molecule has 128 valence electrons. The molecule has 2 aromatic carbocycles. The van der Waals surface area contributed by atoms with E-state index < -0.39 is 0 Å². The summed E-state index contributed by atoms with van der Waals surface area (Å²) < 4.78 is 11.5. The second-order valence-electron chi connectivity index (χ2n) is 5.95. The summed E-state index contributed by atoms with van der Waals surface area (Å²) >= 11 is 0. The van der Waals surface area contributed by atoms with Crippen molar-refractivity contribution < 1.29 is 19.1 Å². The number of carbonyl (C=O) groups excluding carboxylic acids is 1. The predicted molar refractivity (Wildman–Crippen MR) is 91.7 cm³/mol. The van der Waals surface area contributed by atoms with Gasteiger partial charge in [0.15, 0.2) is 17.6 Å². The molecule has 1 amide bonds. The van der Waals surface area contributed by atoms with E-state index in [1.165, 1.54) is 0 Å². The van der Waals surface area contributed by atoms with Gasteiger partial charge in [-0.1, -0.05) is 47.6 Å². The topological polar surface area (TPSA) is 69.2 Å². The summed E-state index contributed by atoms with van der Waals surface area (Å²) in [6.45, 7) is 0.745. The van der Waals surface area contributed by atoms with Crippen LogP contribution in [0.5, 0.6) is 11.5 Å². The monoisotopic (exact) mass is 338 g/mol. The minimum absolute atomic E-state index is 0.205. The van der Waals surface area contributed by atoms with Crippen LogP contribution in [-0.2, 0) is 9.63 Å². The molecule has 6 nitrogen and oxygen atoms in total. The van der Waals surface area contributed by atoms with Crippen LogP contribution in [0.3, 0.4) is 0 Å². The van der Waals surface area contributed by atoms with Crippen molar-refractivity contribution in [2.24, 2.45) is 5.16 Å². The number of benzene rings is 2. The molecule has 6 heteroatoms. The Kier molecular flexibility index (Phi) is 4.24. The lowest BCUT2D eigenvalue weighted by Crippen LogP contribution is -2.42. The van der Waals surface area contributed by atoms with Gasteiger partial charge in [-0.25, -0.2) is 0 Å². The Bertz CT molecular complexity index is 791. The summed E-state index contributed by atoms with van der Waals surface area (Å²) in [6.07, 6.45) is 0.0236. The Morgan fingerprint density at radius 1 is 1.08 bits per heavy atom. The van der Waals surface area contributed by atoms with Gasteiger partial charge in [0.05, 0.1) is 6.54 Å². The number of hydrogen-bond acceptors (Lipinski definition) is 5. The van der Waals surface area contributed by atoms with Gasteiger partial charge in [-0.05, 0) is 17.7 Å². The first-order valence-electron chi connectivity index (χ1n) is 8.24. The van der Waals surface area contributed by atoms with Crippen molar-refractivity contribution in [3.63, 3.8) is 0 Å². The van der Waals surface area contributed by atoms with Crippen LogP contribution in [0.25, 0.3) is 0 Å². The fourth-order valence-electron chi connectivity index (χ4n) is 2.83. The Hall–Kier alpha value is -3.02. The van der Waals surface area contributed by atoms with Gasteiger partial charge in [0.25, 0.3) is 5.91 Å². The highest BCUT2D eigenvalue weighted by Gasteiger charge is 2.28. The predicted octanol–water partition coefficient (Wildman–Crippen LogP) is 2.46. The molecule has 2 aromatic rings. The molecule has 2 aliphatic heterocycles. The highest BCUT2D eigenvalue weighted by atomic mass is 16.6. The highest BCUT2D eigenvalue weighted by Crippen LogP contribution is 2.31. The molecule has 0 unspecified atom stereocenters. The molecular weight excluding hydrogens is 320 g/mol. The molecule has 2 atom stereocenters. The number of amides is 1. The van der Waals surface area contributed by atoms with Gasteiger partial charge in [0.1, 0.15) is 18.4 Å². The van der Waals surface area contributed by atoms with Crippen molar-refractivity contribution in [3.8, 4) is 11.5 Å². The van der Waals surface area contributed by atoms with Crippen molar-refractivity contribution in [3.05, 3.63) is 60.2 Å². The molecule has 4 rings (SSSR count). The van der Waals surface area contributed by atoms with Crippen LogP contribution in [0.15, 0.2) is 59.8 Å². The summed E-state index contributed by atoms with van der Waals surface area (Å²) in [6, 6.07) is 17.2. The van der Waals surface area contributed by atoms with E-state index in [1.807, 2.05) is 54.6 Å². The van der Waals surface area contributed by atoms with Crippen LogP contribution in [0.4, 0.5) is 0 Å². The molecule has 1 N–H and O–H groups in total. The minimum Gasteiger partial charge on any atom is -0.486 e. The first kappa shape index (κ1) is 15.5. The third kappa shape index (κ3) is 3.42. The molecule has 25 heavy (non-hydrogen) atoms. The Labute approximate surface area is 145 Å². The lowest BCUT2D eigenvalue weighted by atomic mass is 10.0. The zero-order valence-electron chi connectivity index (χ0n) is 13.6. The van der Waals surface area contributed by atoms with E-state index in [1.54, 1.807) is 0 Å². The summed E-state index contributed by atoms with van der Waals surface area (Å²) in [7, 11) is 0. The number of rotatable bonds is 4. The number of hydrogen-bond donors (Lipinski definition) is 1. The zero-order valence-corrected chi connectivity index (χ0v) is 13.6. The Morgan fingerprint density at radius 3 is 2.68 bits per heavy atom. The number of oxime groups is 1. The van der Waals surface area contributed by atoms with Crippen LogP contribution in [0, 0.1) is 0 Å². The SMILES string of the molecule is O=C(NC[C@H]1COc2ccccc2O1)C1=NO[C@H](c2ccccc2)C1. The summed E-state index contributed by atoms with van der Waals surface area (Å²) in [5.41, 5.74) is 1.40. The van der Waals surface area contributed by atoms with Crippen LogP contribution < -0.4 is 14.8 Å². The Balaban J connectivity index is 1.29. The van der Waals surface area contributed by atoms with Crippen LogP contribution in [0.2, 0.25) is 0 Å². The largest absolute Gasteiger partial charge is 0.486 e. The summed E-state index contributed by atoms with van der Waals surface area (Å²) in [4.78, 5) is 17.7. The molecule has 0 fully saturated rings. The van der Waals surface area contributed by atoms with Crippen molar-refractivity contribution >= 4 is 11.6 Å². The van der Waals surface area contributed by atoms with Gasteiger partial charge in [-0.2, -0.15) is 0 Å². The molecule has 0 spiro atoms. The second-order valence-corrected chi connectivity index (χ2v) is 5.95. The van der Waals surface area contributed by atoms with E-state index in [9.17, 15) is 4.79 Å². The van der Waals surface area contributed by atoms with E-state index in [0.717, 1.165) is 11.3 Å². The average Bonchev–Trinajstić information content (AvgIpc) is 3.17. The number of nitrogens with zero attached hydrogens (tertiary/aromatic N) is 1. The quantitative estimate of drug-likeness (QED) is 0.930. The minimum atomic E-state index is -0.235. The first-order valence-corrected chi connectivity index (χ1v) is 8.24.